The topological polar surface area (TPSA) is 93.8 Å². The van der Waals surface area contributed by atoms with Crippen molar-refractivity contribution in [1.82, 2.24) is 14.5 Å². The Hall–Kier alpha value is -1.89. The van der Waals surface area contributed by atoms with Crippen LogP contribution in [0, 0.1) is 6.92 Å². The SMILES string of the molecule is CCn1c(N)c(-c2csc(C)n2)c(=O)[nH]c1=O. The van der Waals surface area contributed by atoms with Gasteiger partial charge in [-0.25, -0.2) is 9.78 Å². The lowest BCUT2D eigenvalue weighted by atomic mass is 10.2. The van der Waals surface area contributed by atoms with Gasteiger partial charge in [-0.1, -0.05) is 0 Å². The summed E-state index contributed by atoms with van der Waals surface area (Å²) in [6, 6.07) is 0. The van der Waals surface area contributed by atoms with Crippen LogP contribution >= 0.6 is 11.3 Å². The fraction of sp³-hybridized carbons (Fsp3) is 0.300. The number of H-pyrrole nitrogens is 1. The van der Waals surface area contributed by atoms with Crippen LogP contribution < -0.4 is 17.0 Å². The van der Waals surface area contributed by atoms with E-state index in [1.54, 1.807) is 12.3 Å². The second-order valence-electron chi connectivity index (χ2n) is 3.52. The quantitative estimate of drug-likeness (QED) is 0.817. The normalized spacial score (nSPS) is 10.7. The van der Waals surface area contributed by atoms with E-state index in [2.05, 4.69) is 9.97 Å². The number of nitrogens with zero attached hydrogens (tertiary/aromatic N) is 2. The molecule has 0 atom stereocenters. The maximum absolute atomic E-state index is 11.8. The second-order valence-corrected chi connectivity index (χ2v) is 4.58. The summed E-state index contributed by atoms with van der Waals surface area (Å²) in [6.45, 7) is 4.03. The first-order valence-corrected chi connectivity index (χ1v) is 5.97. The zero-order valence-corrected chi connectivity index (χ0v) is 10.3. The number of aromatic amines is 1. The maximum atomic E-state index is 11.8. The van der Waals surface area contributed by atoms with Gasteiger partial charge in [0, 0.05) is 11.9 Å². The van der Waals surface area contributed by atoms with E-state index in [1.165, 1.54) is 15.9 Å². The molecule has 2 heterocycles. The monoisotopic (exact) mass is 252 g/mol. The first-order valence-electron chi connectivity index (χ1n) is 5.09. The molecule has 2 aromatic heterocycles. The van der Waals surface area contributed by atoms with Crippen LogP contribution in [0.3, 0.4) is 0 Å². The van der Waals surface area contributed by atoms with E-state index < -0.39 is 11.2 Å². The van der Waals surface area contributed by atoms with Crippen molar-refractivity contribution in [3.8, 4) is 11.3 Å². The number of nitrogens with two attached hydrogens (primary N) is 1. The number of thiazole rings is 1. The second kappa shape index (κ2) is 4.17. The molecule has 0 saturated heterocycles. The Morgan fingerprint density at radius 2 is 2.24 bits per heavy atom. The van der Waals surface area contributed by atoms with E-state index in [0.29, 0.717) is 12.2 Å². The number of hydrogen-bond acceptors (Lipinski definition) is 5. The van der Waals surface area contributed by atoms with Crippen molar-refractivity contribution >= 4 is 17.2 Å². The molecule has 0 amide bonds. The Bertz CT molecular complexity index is 668. The minimum Gasteiger partial charge on any atom is -0.384 e. The third-order valence-corrected chi connectivity index (χ3v) is 3.20. The van der Waals surface area contributed by atoms with Crippen LogP contribution in [0.15, 0.2) is 15.0 Å². The molecule has 90 valence electrons. The molecule has 0 fully saturated rings. The summed E-state index contributed by atoms with van der Waals surface area (Å²) in [5.41, 5.74) is 5.62. The summed E-state index contributed by atoms with van der Waals surface area (Å²) in [7, 11) is 0. The Kier molecular flexibility index (Phi) is 2.84. The van der Waals surface area contributed by atoms with E-state index >= 15 is 0 Å². The summed E-state index contributed by atoms with van der Waals surface area (Å²) in [6.07, 6.45) is 0. The van der Waals surface area contributed by atoms with Gasteiger partial charge in [0.25, 0.3) is 5.56 Å². The molecule has 0 unspecified atom stereocenters. The van der Waals surface area contributed by atoms with Crippen LogP contribution in [0.1, 0.15) is 11.9 Å². The van der Waals surface area contributed by atoms with Crippen molar-refractivity contribution < 1.29 is 0 Å². The molecular formula is C10H12N4O2S. The van der Waals surface area contributed by atoms with Gasteiger partial charge in [0.05, 0.1) is 10.7 Å². The average molecular weight is 252 g/mol. The van der Waals surface area contributed by atoms with Gasteiger partial charge in [0.2, 0.25) is 0 Å². The molecule has 0 aromatic carbocycles. The van der Waals surface area contributed by atoms with E-state index in [-0.39, 0.29) is 11.4 Å². The molecule has 0 aliphatic heterocycles. The Labute approximate surface area is 101 Å². The van der Waals surface area contributed by atoms with Crippen molar-refractivity contribution in [2.75, 3.05) is 5.73 Å². The zero-order valence-electron chi connectivity index (χ0n) is 9.48. The van der Waals surface area contributed by atoms with Crippen LogP contribution in [0.5, 0.6) is 0 Å². The molecule has 0 spiro atoms. The van der Waals surface area contributed by atoms with Crippen LogP contribution in [-0.4, -0.2) is 14.5 Å². The third-order valence-electron chi connectivity index (χ3n) is 2.43. The molecule has 0 aliphatic rings. The first kappa shape index (κ1) is 11.6. The largest absolute Gasteiger partial charge is 0.384 e. The van der Waals surface area contributed by atoms with Gasteiger partial charge in [-0.3, -0.25) is 14.3 Å². The number of rotatable bonds is 2. The Morgan fingerprint density at radius 1 is 1.53 bits per heavy atom. The van der Waals surface area contributed by atoms with Crippen LogP contribution in [-0.2, 0) is 6.54 Å². The summed E-state index contributed by atoms with van der Waals surface area (Å²) >= 11 is 1.43. The van der Waals surface area contributed by atoms with Crippen molar-refractivity contribution in [2.24, 2.45) is 0 Å². The lowest BCUT2D eigenvalue weighted by Crippen LogP contribution is -2.32. The van der Waals surface area contributed by atoms with Gasteiger partial charge in [-0.2, -0.15) is 0 Å². The van der Waals surface area contributed by atoms with Gasteiger partial charge in [0.1, 0.15) is 11.4 Å². The molecule has 6 nitrogen and oxygen atoms in total. The van der Waals surface area contributed by atoms with E-state index in [9.17, 15) is 9.59 Å². The third kappa shape index (κ3) is 1.89. The number of aryl methyl sites for hydroxylation is 1. The molecule has 3 N–H and O–H groups in total. The molecule has 2 rings (SSSR count). The molecule has 0 radical (unpaired) electrons. The van der Waals surface area contributed by atoms with Crippen LogP contribution in [0.25, 0.3) is 11.3 Å². The highest BCUT2D eigenvalue weighted by molar-refractivity contribution is 7.09. The average Bonchev–Trinajstić information content (AvgIpc) is 2.64. The zero-order chi connectivity index (χ0) is 12.6. The van der Waals surface area contributed by atoms with Gasteiger partial charge in [-0.05, 0) is 13.8 Å². The summed E-state index contributed by atoms with van der Waals surface area (Å²) in [5.74, 6) is 0.159. The standard InChI is InChI=1S/C10H12N4O2S/c1-3-14-8(11)7(9(15)13-10(14)16)6-4-17-5(2)12-6/h4H,3,11H2,1-2H3,(H,13,15,16). The molecule has 0 aliphatic carbocycles. The predicted octanol–water partition coefficient (Wildman–Crippen LogP) is 0.571. The maximum Gasteiger partial charge on any atom is 0.329 e. The summed E-state index contributed by atoms with van der Waals surface area (Å²) < 4.78 is 1.31. The van der Waals surface area contributed by atoms with E-state index in [4.69, 9.17) is 5.73 Å². The van der Waals surface area contributed by atoms with Crippen LogP contribution in [0.4, 0.5) is 5.82 Å². The fourth-order valence-corrected chi connectivity index (χ4v) is 2.23. The number of hydrogen-bond donors (Lipinski definition) is 2. The van der Waals surface area contributed by atoms with Crippen LogP contribution in [0.2, 0.25) is 0 Å². The van der Waals surface area contributed by atoms with Crippen molar-refractivity contribution in [2.45, 2.75) is 20.4 Å². The predicted molar refractivity (Wildman–Crippen MR) is 67.3 cm³/mol. The Morgan fingerprint density at radius 3 is 2.76 bits per heavy atom. The number of nitrogens with one attached hydrogen (secondary N) is 1. The number of aromatic nitrogens is 3. The van der Waals surface area contributed by atoms with Gasteiger partial charge < -0.3 is 5.73 Å². The lowest BCUT2D eigenvalue weighted by Gasteiger charge is -2.08. The molecule has 0 bridgehead atoms. The highest BCUT2D eigenvalue weighted by Gasteiger charge is 2.15. The summed E-state index contributed by atoms with van der Waals surface area (Å²) in [4.78, 5) is 29.7. The highest BCUT2D eigenvalue weighted by atomic mass is 32.1. The fourth-order valence-electron chi connectivity index (χ4n) is 1.63. The van der Waals surface area contributed by atoms with E-state index in [0.717, 1.165) is 5.01 Å². The van der Waals surface area contributed by atoms with Gasteiger partial charge in [-0.15, -0.1) is 11.3 Å². The molecule has 7 heteroatoms. The first-order chi connectivity index (χ1) is 8.04. The van der Waals surface area contributed by atoms with Crippen molar-refractivity contribution in [1.29, 1.82) is 0 Å². The number of nitrogen functional groups attached to an aromatic ring is 1. The van der Waals surface area contributed by atoms with Crippen molar-refractivity contribution in [3.05, 3.63) is 31.2 Å². The lowest BCUT2D eigenvalue weighted by molar-refractivity contribution is 0.706. The molecule has 0 saturated carbocycles. The van der Waals surface area contributed by atoms with E-state index in [1.807, 2.05) is 6.92 Å². The smallest absolute Gasteiger partial charge is 0.329 e. The Balaban J connectivity index is 2.78. The minimum atomic E-state index is -0.498. The highest BCUT2D eigenvalue weighted by Crippen LogP contribution is 2.22. The van der Waals surface area contributed by atoms with Crippen molar-refractivity contribution in [3.63, 3.8) is 0 Å². The van der Waals surface area contributed by atoms with Gasteiger partial charge in [0.15, 0.2) is 0 Å². The number of anilines is 1. The minimum absolute atomic E-state index is 0.159. The molecule has 2 aromatic rings. The molecule has 17 heavy (non-hydrogen) atoms. The molecular weight excluding hydrogens is 240 g/mol. The summed E-state index contributed by atoms with van der Waals surface area (Å²) in [5, 5.41) is 2.59. The van der Waals surface area contributed by atoms with Gasteiger partial charge >= 0.3 is 5.69 Å².